The summed E-state index contributed by atoms with van der Waals surface area (Å²) in [4.78, 5) is 51.1. The highest BCUT2D eigenvalue weighted by Crippen LogP contribution is 2.27. The topological polar surface area (TPSA) is 90.0 Å². The van der Waals surface area contributed by atoms with E-state index < -0.39 is 35.5 Å². The second-order valence-corrected chi connectivity index (χ2v) is 8.45. The molecule has 2 amide bonds. The van der Waals surface area contributed by atoms with E-state index in [2.05, 4.69) is 15.9 Å². The zero-order valence-electron chi connectivity index (χ0n) is 16.8. The van der Waals surface area contributed by atoms with Gasteiger partial charge in [0.2, 0.25) is 0 Å². The van der Waals surface area contributed by atoms with Gasteiger partial charge in [0.05, 0.1) is 18.6 Å². The normalized spacial score (nSPS) is 17.2. The number of hydrogen-bond acceptors (Lipinski definition) is 6. The lowest BCUT2D eigenvalue weighted by Crippen LogP contribution is -2.48. The van der Waals surface area contributed by atoms with Crippen molar-refractivity contribution in [1.82, 2.24) is 4.90 Å². The molecule has 1 heterocycles. The number of benzene rings is 1. The molecule has 0 unspecified atom stereocenters. The number of Topliss-reactive ketones (excluding diaryl/α,β-unsaturated/α-hetero) is 1. The van der Waals surface area contributed by atoms with Crippen LogP contribution in [0.1, 0.15) is 44.5 Å². The van der Waals surface area contributed by atoms with E-state index in [1.54, 1.807) is 52.0 Å². The molecule has 0 spiro atoms. The van der Waals surface area contributed by atoms with E-state index in [4.69, 9.17) is 9.47 Å². The number of carbonyl (C=O) groups excluding carboxylic acids is 4. The number of ketones is 1. The van der Waals surface area contributed by atoms with Crippen LogP contribution < -0.4 is 0 Å². The monoisotopic (exact) mass is 465 g/mol. The van der Waals surface area contributed by atoms with Crippen LogP contribution in [0.2, 0.25) is 0 Å². The molecule has 29 heavy (non-hydrogen) atoms. The van der Waals surface area contributed by atoms with Crippen LogP contribution >= 0.6 is 15.9 Å². The lowest BCUT2D eigenvalue weighted by atomic mass is 9.91. The first kappa shape index (κ1) is 22.8. The van der Waals surface area contributed by atoms with Gasteiger partial charge in [-0.25, -0.2) is 9.69 Å². The zero-order valence-corrected chi connectivity index (χ0v) is 18.4. The standard InChI is InChI=1S/C21H24BrNO6/c1-5-28-19(26)15(12-17(24)13-7-6-8-14(22)11-13)16-9-10-18(25)23(16)20(27)29-21(2,3)4/h6-11,15-16H,5,12H2,1-4H3/t15-,16-/m1/s1. The summed E-state index contributed by atoms with van der Waals surface area (Å²) in [5, 5.41) is 0. The molecule has 1 aliphatic rings. The third-order valence-corrected chi connectivity index (χ3v) is 4.61. The summed E-state index contributed by atoms with van der Waals surface area (Å²) >= 11 is 3.31. The van der Waals surface area contributed by atoms with Gasteiger partial charge in [-0.15, -0.1) is 0 Å². The summed E-state index contributed by atoms with van der Waals surface area (Å²) < 4.78 is 11.1. The first-order valence-electron chi connectivity index (χ1n) is 9.23. The molecule has 0 aliphatic carbocycles. The Labute approximate surface area is 178 Å². The van der Waals surface area contributed by atoms with Gasteiger partial charge < -0.3 is 9.47 Å². The molecule has 0 aromatic heterocycles. The van der Waals surface area contributed by atoms with Crippen molar-refractivity contribution in [2.75, 3.05) is 6.61 Å². The Morgan fingerprint density at radius 3 is 2.52 bits per heavy atom. The predicted molar refractivity (Wildman–Crippen MR) is 109 cm³/mol. The lowest BCUT2D eigenvalue weighted by Gasteiger charge is -2.30. The molecule has 0 saturated heterocycles. The minimum Gasteiger partial charge on any atom is -0.466 e. The predicted octanol–water partition coefficient (Wildman–Crippen LogP) is 3.90. The van der Waals surface area contributed by atoms with Gasteiger partial charge in [-0.3, -0.25) is 14.4 Å². The van der Waals surface area contributed by atoms with Crippen LogP contribution in [-0.4, -0.2) is 46.9 Å². The van der Waals surface area contributed by atoms with Crippen molar-refractivity contribution in [2.24, 2.45) is 5.92 Å². The number of carbonyl (C=O) groups is 4. The van der Waals surface area contributed by atoms with E-state index in [-0.39, 0.29) is 18.8 Å². The Balaban J connectivity index is 2.31. The van der Waals surface area contributed by atoms with E-state index in [9.17, 15) is 19.2 Å². The van der Waals surface area contributed by atoms with Crippen LogP contribution in [-0.2, 0) is 19.1 Å². The summed E-state index contributed by atoms with van der Waals surface area (Å²) in [7, 11) is 0. The highest BCUT2D eigenvalue weighted by molar-refractivity contribution is 9.10. The molecule has 2 atom stereocenters. The molecule has 1 aromatic rings. The van der Waals surface area contributed by atoms with Gasteiger partial charge in [0.15, 0.2) is 5.78 Å². The van der Waals surface area contributed by atoms with Crippen molar-refractivity contribution in [3.8, 4) is 0 Å². The Kier molecular flexibility index (Phi) is 7.35. The first-order valence-corrected chi connectivity index (χ1v) is 10.0. The van der Waals surface area contributed by atoms with E-state index in [1.807, 2.05) is 0 Å². The van der Waals surface area contributed by atoms with Crippen LogP contribution in [0.25, 0.3) is 0 Å². The van der Waals surface area contributed by atoms with Crippen molar-refractivity contribution < 1.29 is 28.7 Å². The minimum atomic E-state index is -1.04. The van der Waals surface area contributed by atoms with Crippen LogP contribution in [0.5, 0.6) is 0 Å². The summed E-state index contributed by atoms with van der Waals surface area (Å²) in [5.41, 5.74) is -0.415. The molecule has 7 nitrogen and oxygen atoms in total. The molecule has 1 aliphatic heterocycles. The summed E-state index contributed by atoms with van der Waals surface area (Å²) in [6.07, 6.45) is 1.53. The van der Waals surface area contributed by atoms with Gasteiger partial charge in [-0.1, -0.05) is 34.1 Å². The highest BCUT2D eigenvalue weighted by atomic mass is 79.9. The fourth-order valence-electron chi connectivity index (χ4n) is 2.90. The molecule has 0 N–H and O–H groups in total. The van der Waals surface area contributed by atoms with Gasteiger partial charge >= 0.3 is 12.1 Å². The van der Waals surface area contributed by atoms with Gasteiger partial charge in [0.25, 0.3) is 5.91 Å². The number of nitrogens with zero attached hydrogens (tertiary/aromatic N) is 1. The zero-order chi connectivity index (χ0) is 21.8. The molecule has 8 heteroatoms. The average molecular weight is 466 g/mol. The number of ether oxygens (including phenoxy) is 2. The van der Waals surface area contributed by atoms with E-state index in [1.165, 1.54) is 12.2 Å². The van der Waals surface area contributed by atoms with Crippen LogP contribution in [0.4, 0.5) is 4.79 Å². The smallest absolute Gasteiger partial charge is 0.417 e. The highest BCUT2D eigenvalue weighted by Gasteiger charge is 2.43. The second-order valence-electron chi connectivity index (χ2n) is 7.53. The van der Waals surface area contributed by atoms with E-state index in [0.29, 0.717) is 5.56 Å². The number of rotatable bonds is 6. The maximum atomic E-state index is 12.8. The maximum Gasteiger partial charge on any atom is 0.417 e. The number of halogens is 1. The van der Waals surface area contributed by atoms with E-state index >= 15 is 0 Å². The lowest BCUT2D eigenvalue weighted by molar-refractivity contribution is -0.150. The van der Waals surface area contributed by atoms with Crippen molar-refractivity contribution in [3.05, 3.63) is 46.5 Å². The molecule has 0 saturated carbocycles. The Morgan fingerprint density at radius 2 is 1.93 bits per heavy atom. The number of imide groups is 1. The largest absolute Gasteiger partial charge is 0.466 e. The first-order chi connectivity index (χ1) is 13.5. The number of amides is 2. The third kappa shape index (κ3) is 6.00. The summed E-state index contributed by atoms with van der Waals surface area (Å²) in [6.45, 7) is 6.78. The summed E-state index contributed by atoms with van der Waals surface area (Å²) in [5.74, 6) is -2.61. The Hall–Kier alpha value is -2.48. The number of esters is 1. The molecule has 0 radical (unpaired) electrons. The molecule has 0 fully saturated rings. The van der Waals surface area contributed by atoms with Crippen molar-refractivity contribution in [1.29, 1.82) is 0 Å². The fourth-order valence-corrected chi connectivity index (χ4v) is 3.30. The molecule has 0 bridgehead atoms. The van der Waals surface area contributed by atoms with Gasteiger partial charge in [-0.05, 0) is 39.8 Å². The Morgan fingerprint density at radius 1 is 1.24 bits per heavy atom. The Bertz CT molecular complexity index is 842. The van der Waals surface area contributed by atoms with Gasteiger partial charge in [0, 0.05) is 22.5 Å². The molecule has 156 valence electrons. The van der Waals surface area contributed by atoms with E-state index in [0.717, 1.165) is 9.37 Å². The average Bonchev–Trinajstić information content (AvgIpc) is 2.99. The quantitative estimate of drug-likeness (QED) is 0.467. The molecular weight excluding hydrogens is 442 g/mol. The summed E-state index contributed by atoms with van der Waals surface area (Å²) in [6, 6.07) is 5.81. The van der Waals surface area contributed by atoms with Crippen molar-refractivity contribution in [3.63, 3.8) is 0 Å². The van der Waals surface area contributed by atoms with Crippen LogP contribution in [0.3, 0.4) is 0 Å². The van der Waals surface area contributed by atoms with Gasteiger partial charge in [0.1, 0.15) is 5.60 Å². The maximum absolute atomic E-state index is 12.8. The van der Waals surface area contributed by atoms with Crippen LogP contribution in [0, 0.1) is 5.92 Å². The minimum absolute atomic E-state index is 0.108. The van der Waals surface area contributed by atoms with Crippen molar-refractivity contribution >= 4 is 39.7 Å². The number of hydrogen-bond donors (Lipinski definition) is 0. The second kappa shape index (κ2) is 9.35. The molecular formula is C21H24BrNO6. The van der Waals surface area contributed by atoms with Gasteiger partial charge in [-0.2, -0.15) is 0 Å². The van der Waals surface area contributed by atoms with Crippen molar-refractivity contribution in [2.45, 2.75) is 45.8 Å². The third-order valence-electron chi connectivity index (χ3n) is 4.12. The molecule has 2 rings (SSSR count). The van der Waals surface area contributed by atoms with Crippen LogP contribution in [0.15, 0.2) is 40.9 Å². The molecule has 1 aromatic carbocycles. The fraction of sp³-hybridized carbons (Fsp3) is 0.429. The SMILES string of the molecule is CCOC(=O)[C@H](CC(=O)c1cccc(Br)c1)[C@H]1C=CC(=O)N1C(=O)OC(C)(C)C.